The van der Waals surface area contributed by atoms with Gasteiger partial charge in [-0.05, 0) is 42.0 Å². The number of hydrogen-bond donors (Lipinski definition) is 0. The van der Waals surface area contributed by atoms with E-state index in [9.17, 15) is 4.79 Å². The second-order valence-electron chi connectivity index (χ2n) is 7.24. The predicted molar refractivity (Wildman–Crippen MR) is 118 cm³/mol. The maximum absolute atomic E-state index is 12.5. The van der Waals surface area contributed by atoms with E-state index in [-0.39, 0.29) is 12.5 Å². The van der Waals surface area contributed by atoms with E-state index in [2.05, 4.69) is 17.0 Å². The zero-order chi connectivity index (χ0) is 20.6. The van der Waals surface area contributed by atoms with Gasteiger partial charge in [0.25, 0.3) is 5.91 Å². The minimum Gasteiger partial charge on any atom is -0.489 e. The molecule has 1 aliphatic heterocycles. The second-order valence-corrected chi connectivity index (χ2v) is 7.24. The molecule has 0 N–H and O–H groups in total. The number of piperazine rings is 1. The molecule has 0 radical (unpaired) electrons. The fraction of sp³-hybridized carbons (Fsp3) is 0.240. The van der Waals surface area contributed by atoms with Crippen molar-refractivity contribution in [2.75, 3.05) is 37.7 Å². The SMILES string of the molecule is O=C(COc1ccc(OCc2ccccc2)cc1)N1CCN(c2ccccc2)CC1. The quantitative estimate of drug-likeness (QED) is 0.599. The number of para-hydroxylation sites is 1. The van der Waals surface area contributed by atoms with Gasteiger partial charge in [0.15, 0.2) is 6.61 Å². The molecule has 0 aliphatic carbocycles. The van der Waals surface area contributed by atoms with Crippen LogP contribution >= 0.6 is 0 Å². The molecule has 0 bridgehead atoms. The highest BCUT2D eigenvalue weighted by Gasteiger charge is 2.21. The Bertz CT molecular complexity index is 922. The van der Waals surface area contributed by atoms with Crippen LogP contribution in [-0.4, -0.2) is 43.6 Å². The smallest absolute Gasteiger partial charge is 0.260 e. The number of ether oxygens (including phenoxy) is 2. The number of carbonyl (C=O) groups excluding carboxylic acids is 1. The van der Waals surface area contributed by atoms with E-state index in [4.69, 9.17) is 9.47 Å². The maximum atomic E-state index is 12.5. The highest BCUT2D eigenvalue weighted by Crippen LogP contribution is 2.19. The van der Waals surface area contributed by atoms with Crippen LogP contribution in [0.5, 0.6) is 11.5 Å². The Kier molecular flexibility index (Phi) is 6.50. The summed E-state index contributed by atoms with van der Waals surface area (Å²) in [7, 11) is 0. The first kappa shape index (κ1) is 19.8. The molecule has 1 amide bonds. The lowest BCUT2D eigenvalue weighted by Gasteiger charge is -2.36. The summed E-state index contributed by atoms with van der Waals surface area (Å²) < 4.78 is 11.5. The van der Waals surface area contributed by atoms with Crippen molar-refractivity contribution < 1.29 is 14.3 Å². The summed E-state index contributed by atoms with van der Waals surface area (Å²) in [6.45, 7) is 3.67. The molecule has 1 heterocycles. The molecular formula is C25H26N2O3. The van der Waals surface area contributed by atoms with Crippen LogP contribution in [0.4, 0.5) is 5.69 Å². The average Bonchev–Trinajstić information content (AvgIpc) is 2.83. The monoisotopic (exact) mass is 402 g/mol. The summed E-state index contributed by atoms with van der Waals surface area (Å²) in [5.74, 6) is 1.46. The minimum absolute atomic E-state index is 0.0205. The Morgan fingerprint density at radius 2 is 1.27 bits per heavy atom. The van der Waals surface area contributed by atoms with Crippen LogP contribution in [0, 0.1) is 0 Å². The Morgan fingerprint density at radius 1 is 0.700 bits per heavy atom. The van der Waals surface area contributed by atoms with E-state index in [0.717, 1.165) is 24.4 Å². The zero-order valence-electron chi connectivity index (χ0n) is 16.9. The molecule has 1 saturated heterocycles. The maximum Gasteiger partial charge on any atom is 0.260 e. The fourth-order valence-corrected chi connectivity index (χ4v) is 3.46. The van der Waals surface area contributed by atoms with Gasteiger partial charge < -0.3 is 19.3 Å². The van der Waals surface area contributed by atoms with E-state index in [1.807, 2.05) is 77.7 Å². The van der Waals surface area contributed by atoms with Gasteiger partial charge in [-0.15, -0.1) is 0 Å². The van der Waals surface area contributed by atoms with Gasteiger partial charge in [-0.1, -0.05) is 48.5 Å². The van der Waals surface area contributed by atoms with Crippen molar-refractivity contribution in [3.63, 3.8) is 0 Å². The first-order chi connectivity index (χ1) is 14.8. The second kappa shape index (κ2) is 9.83. The third kappa shape index (κ3) is 5.32. The van der Waals surface area contributed by atoms with E-state index < -0.39 is 0 Å². The third-order valence-electron chi connectivity index (χ3n) is 5.19. The van der Waals surface area contributed by atoms with E-state index in [1.54, 1.807) is 0 Å². The van der Waals surface area contributed by atoms with Gasteiger partial charge in [-0.25, -0.2) is 0 Å². The Hall–Kier alpha value is -3.47. The molecular weight excluding hydrogens is 376 g/mol. The lowest BCUT2D eigenvalue weighted by molar-refractivity contribution is -0.133. The molecule has 0 spiro atoms. The minimum atomic E-state index is 0.0205. The van der Waals surface area contributed by atoms with Crippen LogP contribution in [0.1, 0.15) is 5.56 Å². The van der Waals surface area contributed by atoms with Crippen molar-refractivity contribution in [3.8, 4) is 11.5 Å². The van der Waals surface area contributed by atoms with Crippen LogP contribution < -0.4 is 14.4 Å². The molecule has 0 unspecified atom stereocenters. The predicted octanol–water partition coefficient (Wildman–Crippen LogP) is 3.99. The molecule has 30 heavy (non-hydrogen) atoms. The zero-order valence-corrected chi connectivity index (χ0v) is 16.9. The van der Waals surface area contributed by atoms with Crippen molar-refractivity contribution in [1.29, 1.82) is 0 Å². The highest BCUT2D eigenvalue weighted by atomic mass is 16.5. The van der Waals surface area contributed by atoms with Gasteiger partial charge in [0.1, 0.15) is 18.1 Å². The topological polar surface area (TPSA) is 42.0 Å². The van der Waals surface area contributed by atoms with Gasteiger partial charge in [-0.3, -0.25) is 4.79 Å². The Balaban J connectivity index is 1.20. The van der Waals surface area contributed by atoms with Crippen molar-refractivity contribution in [2.24, 2.45) is 0 Å². The lowest BCUT2D eigenvalue weighted by Crippen LogP contribution is -2.50. The van der Waals surface area contributed by atoms with Gasteiger partial charge in [0, 0.05) is 31.9 Å². The molecule has 3 aromatic carbocycles. The molecule has 3 aromatic rings. The standard InChI is InChI=1S/C25H26N2O3/c28-25(27-17-15-26(16-18-27)22-9-5-2-6-10-22)20-30-24-13-11-23(12-14-24)29-19-21-7-3-1-4-8-21/h1-14H,15-20H2. The molecule has 1 aliphatic rings. The van der Waals surface area contributed by atoms with Crippen LogP contribution in [0.15, 0.2) is 84.9 Å². The summed E-state index contributed by atoms with van der Waals surface area (Å²) in [6, 6.07) is 27.7. The van der Waals surface area contributed by atoms with E-state index >= 15 is 0 Å². The summed E-state index contributed by atoms with van der Waals surface area (Å²) in [6.07, 6.45) is 0. The number of benzene rings is 3. The third-order valence-corrected chi connectivity index (χ3v) is 5.19. The molecule has 4 rings (SSSR count). The van der Waals surface area contributed by atoms with Crippen LogP contribution in [0.2, 0.25) is 0 Å². The largest absolute Gasteiger partial charge is 0.489 e. The average molecular weight is 402 g/mol. The summed E-state index contributed by atoms with van der Waals surface area (Å²) >= 11 is 0. The van der Waals surface area contributed by atoms with Crippen molar-refractivity contribution in [3.05, 3.63) is 90.5 Å². The van der Waals surface area contributed by atoms with Crippen LogP contribution in [0.3, 0.4) is 0 Å². The molecule has 1 fully saturated rings. The van der Waals surface area contributed by atoms with Gasteiger partial charge in [-0.2, -0.15) is 0 Å². The lowest BCUT2D eigenvalue weighted by atomic mass is 10.2. The van der Waals surface area contributed by atoms with Crippen molar-refractivity contribution >= 4 is 11.6 Å². The number of carbonyl (C=O) groups is 1. The Morgan fingerprint density at radius 3 is 1.90 bits per heavy atom. The first-order valence-electron chi connectivity index (χ1n) is 10.3. The molecule has 5 heteroatoms. The number of nitrogens with zero attached hydrogens (tertiary/aromatic N) is 2. The van der Waals surface area contributed by atoms with Gasteiger partial charge in [0.2, 0.25) is 0 Å². The normalized spacial score (nSPS) is 13.7. The summed E-state index contributed by atoms with van der Waals surface area (Å²) in [4.78, 5) is 16.7. The first-order valence-corrected chi connectivity index (χ1v) is 10.3. The number of rotatable bonds is 7. The van der Waals surface area contributed by atoms with Crippen molar-refractivity contribution in [2.45, 2.75) is 6.61 Å². The van der Waals surface area contributed by atoms with Gasteiger partial charge >= 0.3 is 0 Å². The summed E-state index contributed by atoms with van der Waals surface area (Å²) in [5, 5.41) is 0. The molecule has 0 atom stereocenters. The molecule has 5 nitrogen and oxygen atoms in total. The van der Waals surface area contributed by atoms with E-state index in [1.165, 1.54) is 5.69 Å². The Labute approximate surface area is 177 Å². The fourth-order valence-electron chi connectivity index (χ4n) is 3.46. The number of hydrogen-bond acceptors (Lipinski definition) is 4. The number of amides is 1. The van der Waals surface area contributed by atoms with E-state index in [0.29, 0.717) is 25.4 Å². The molecule has 0 aromatic heterocycles. The van der Waals surface area contributed by atoms with Crippen molar-refractivity contribution in [1.82, 2.24) is 4.90 Å². The number of anilines is 1. The van der Waals surface area contributed by atoms with Crippen LogP contribution in [0.25, 0.3) is 0 Å². The highest BCUT2D eigenvalue weighted by molar-refractivity contribution is 5.78. The molecule has 0 saturated carbocycles. The summed E-state index contributed by atoms with van der Waals surface area (Å²) in [5.41, 5.74) is 2.33. The van der Waals surface area contributed by atoms with Crippen LogP contribution in [-0.2, 0) is 11.4 Å². The van der Waals surface area contributed by atoms with Gasteiger partial charge in [0.05, 0.1) is 0 Å². The molecule has 154 valence electrons.